The maximum absolute atomic E-state index is 9.62. The molecule has 0 bridgehead atoms. The van der Waals surface area contributed by atoms with Gasteiger partial charge in [-0.15, -0.1) is 0 Å². The van der Waals surface area contributed by atoms with E-state index in [9.17, 15) is 5.11 Å². The van der Waals surface area contributed by atoms with E-state index in [0.29, 0.717) is 12.2 Å². The second kappa shape index (κ2) is 10.9. The minimum atomic E-state index is -0.765. The zero-order valence-corrected chi connectivity index (χ0v) is 20.0. The summed E-state index contributed by atoms with van der Waals surface area (Å²) in [5, 5.41) is 9.62. The van der Waals surface area contributed by atoms with Crippen LogP contribution in [0.3, 0.4) is 0 Å². The largest absolute Gasteiger partial charge is 0.465 e. The van der Waals surface area contributed by atoms with Gasteiger partial charge in [0, 0.05) is 23.5 Å². The highest BCUT2D eigenvalue weighted by molar-refractivity contribution is 5.78. The Morgan fingerprint density at radius 1 is 0.647 bits per heavy atom. The molecule has 0 amide bonds. The molecule has 0 aromatic heterocycles. The highest BCUT2D eigenvalue weighted by Gasteiger charge is 2.12. The lowest BCUT2D eigenvalue weighted by Gasteiger charge is -2.25. The minimum absolute atomic E-state index is 0.558. The molecule has 3 heteroatoms. The lowest BCUT2D eigenvalue weighted by molar-refractivity contribution is -0.0191. The van der Waals surface area contributed by atoms with E-state index in [2.05, 4.69) is 104 Å². The third-order valence-corrected chi connectivity index (χ3v) is 5.71. The van der Waals surface area contributed by atoms with Crippen LogP contribution in [-0.4, -0.2) is 11.4 Å². The number of hydrogen-bond acceptors (Lipinski definition) is 3. The molecule has 0 aliphatic heterocycles. The molecule has 172 valence electrons. The van der Waals surface area contributed by atoms with Crippen molar-refractivity contribution in [1.29, 1.82) is 0 Å². The maximum Gasteiger partial charge on any atom is 0.197 e. The van der Waals surface area contributed by atoms with Crippen LogP contribution in [0.5, 0.6) is 5.75 Å². The standard InChI is InChI=1S/C31H31NO2/c1-4-31(33)34-30-21-13-26(14-22-30)10-9-25-11-19-29(20-12-25)32(27-15-5-23(2)6-16-27)28-17-7-24(3)8-18-28/h5-22,31,33H,4H2,1-3H3. The molecule has 4 aromatic rings. The first-order valence-electron chi connectivity index (χ1n) is 11.7. The van der Waals surface area contributed by atoms with E-state index in [1.165, 1.54) is 11.1 Å². The summed E-state index contributed by atoms with van der Waals surface area (Å²) in [6, 6.07) is 33.5. The molecule has 0 saturated heterocycles. The van der Waals surface area contributed by atoms with Crippen LogP contribution in [-0.2, 0) is 0 Å². The Kier molecular flexibility index (Phi) is 7.46. The van der Waals surface area contributed by atoms with Crippen molar-refractivity contribution < 1.29 is 9.84 Å². The van der Waals surface area contributed by atoms with Gasteiger partial charge in [-0.25, -0.2) is 0 Å². The summed E-state index contributed by atoms with van der Waals surface area (Å²) in [4.78, 5) is 2.27. The molecule has 0 aliphatic rings. The minimum Gasteiger partial charge on any atom is -0.465 e. The Morgan fingerprint density at radius 2 is 1.03 bits per heavy atom. The number of aryl methyl sites for hydroxylation is 2. The zero-order valence-electron chi connectivity index (χ0n) is 20.0. The van der Waals surface area contributed by atoms with Crippen molar-refractivity contribution in [2.75, 3.05) is 4.90 Å². The lowest BCUT2D eigenvalue weighted by Crippen LogP contribution is -2.13. The highest BCUT2D eigenvalue weighted by atomic mass is 16.6. The molecule has 0 aliphatic carbocycles. The molecule has 34 heavy (non-hydrogen) atoms. The molecule has 0 fully saturated rings. The average molecular weight is 450 g/mol. The first-order valence-corrected chi connectivity index (χ1v) is 11.7. The van der Waals surface area contributed by atoms with Crippen LogP contribution < -0.4 is 9.64 Å². The number of ether oxygens (including phenoxy) is 1. The summed E-state index contributed by atoms with van der Waals surface area (Å²) in [5.41, 5.74) is 8.06. The van der Waals surface area contributed by atoms with Gasteiger partial charge in [0.25, 0.3) is 0 Å². The summed E-state index contributed by atoms with van der Waals surface area (Å²) in [6.45, 7) is 6.10. The first kappa shape index (κ1) is 23.3. The Hall–Kier alpha value is -3.82. The van der Waals surface area contributed by atoms with Crippen LogP contribution in [0.2, 0.25) is 0 Å². The van der Waals surface area contributed by atoms with Crippen molar-refractivity contribution in [2.24, 2.45) is 0 Å². The van der Waals surface area contributed by atoms with Crippen molar-refractivity contribution >= 4 is 29.2 Å². The van der Waals surface area contributed by atoms with E-state index < -0.39 is 6.29 Å². The molecule has 3 nitrogen and oxygen atoms in total. The molecule has 1 unspecified atom stereocenters. The molecule has 1 N–H and O–H groups in total. The number of benzene rings is 4. The molecule has 4 rings (SSSR count). The molecule has 0 heterocycles. The molecule has 1 atom stereocenters. The van der Waals surface area contributed by atoms with Gasteiger partial charge in [-0.1, -0.05) is 78.7 Å². The summed E-state index contributed by atoms with van der Waals surface area (Å²) < 4.78 is 5.43. The van der Waals surface area contributed by atoms with Gasteiger partial charge in [-0.3, -0.25) is 0 Å². The summed E-state index contributed by atoms with van der Waals surface area (Å²) in [7, 11) is 0. The second-order valence-electron chi connectivity index (χ2n) is 8.48. The van der Waals surface area contributed by atoms with Gasteiger partial charge < -0.3 is 14.7 Å². The van der Waals surface area contributed by atoms with Gasteiger partial charge >= 0.3 is 0 Å². The number of aliphatic hydroxyl groups excluding tert-OH is 1. The topological polar surface area (TPSA) is 32.7 Å². The number of aliphatic hydroxyl groups is 1. The van der Waals surface area contributed by atoms with Crippen LogP contribution in [0.1, 0.15) is 35.6 Å². The lowest BCUT2D eigenvalue weighted by atomic mass is 10.1. The normalized spacial score (nSPS) is 12.0. The van der Waals surface area contributed by atoms with Crippen molar-refractivity contribution in [3.63, 3.8) is 0 Å². The van der Waals surface area contributed by atoms with E-state index in [1.807, 2.05) is 31.2 Å². The molecule has 4 aromatic carbocycles. The average Bonchev–Trinajstić information content (AvgIpc) is 2.87. The predicted molar refractivity (Wildman–Crippen MR) is 143 cm³/mol. The van der Waals surface area contributed by atoms with Gasteiger partial charge in [0.15, 0.2) is 6.29 Å². The monoisotopic (exact) mass is 449 g/mol. The van der Waals surface area contributed by atoms with Crippen LogP contribution in [0, 0.1) is 13.8 Å². The zero-order chi connectivity index (χ0) is 23.9. The van der Waals surface area contributed by atoms with E-state index in [4.69, 9.17) is 4.74 Å². The Bertz CT molecular complexity index is 1160. The van der Waals surface area contributed by atoms with Crippen LogP contribution in [0.25, 0.3) is 12.2 Å². The van der Waals surface area contributed by atoms with E-state index >= 15 is 0 Å². The summed E-state index contributed by atoms with van der Waals surface area (Å²) in [6.07, 6.45) is 3.97. The number of nitrogens with zero attached hydrogens (tertiary/aromatic N) is 1. The van der Waals surface area contributed by atoms with Crippen molar-refractivity contribution in [2.45, 2.75) is 33.5 Å². The van der Waals surface area contributed by atoms with Crippen molar-refractivity contribution in [3.05, 3.63) is 119 Å². The van der Waals surface area contributed by atoms with Crippen molar-refractivity contribution in [3.8, 4) is 5.75 Å². The van der Waals surface area contributed by atoms with Crippen LogP contribution in [0.4, 0.5) is 17.1 Å². The molecular weight excluding hydrogens is 418 g/mol. The predicted octanol–water partition coefficient (Wildman–Crippen LogP) is 8.05. The van der Waals surface area contributed by atoms with Crippen molar-refractivity contribution in [1.82, 2.24) is 0 Å². The number of rotatable bonds is 8. The van der Waals surface area contributed by atoms with Gasteiger partial charge in [0.1, 0.15) is 5.75 Å². The fraction of sp³-hybridized carbons (Fsp3) is 0.161. The quantitative estimate of drug-likeness (QED) is 0.218. The fourth-order valence-corrected chi connectivity index (χ4v) is 3.66. The smallest absolute Gasteiger partial charge is 0.197 e. The van der Waals surface area contributed by atoms with Gasteiger partial charge in [0.05, 0.1) is 0 Å². The van der Waals surface area contributed by atoms with E-state index in [-0.39, 0.29) is 0 Å². The Balaban J connectivity index is 1.54. The second-order valence-corrected chi connectivity index (χ2v) is 8.48. The molecule has 0 spiro atoms. The molecule has 0 radical (unpaired) electrons. The fourth-order valence-electron chi connectivity index (χ4n) is 3.66. The number of hydrogen-bond donors (Lipinski definition) is 1. The van der Waals surface area contributed by atoms with Crippen LogP contribution >= 0.6 is 0 Å². The third kappa shape index (κ3) is 5.94. The third-order valence-electron chi connectivity index (χ3n) is 5.71. The van der Waals surface area contributed by atoms with Gasteiger partial charge in [-0.2, -0.15) is 0 Å². The van der Waals surface area contributed by atoms with Gasteiger partial charge in [0.2, 0.25) is 0 Å². The Labute approximate surface area is 202 Å². The SMILES string of the molecule is CCC(O)Oc1ccc(C=Cc2ccc(N(c3ccc(C)cc3)c3ccc(C)cc3)cc2)cc1. The van der Waals surface area contributed by atoms with Crippen LogP contribution in [0.15, 0.2) is 97.1 Å². The molecule has 0 saturated carbocycles. The summed E-state index contributed by atoms with van der Waals surface area (Å²) >= 11 is 0. The Morgan fingerprint density at radius 3 is 1.44 bits per heavy atom. The van der Waals surface area contributed by atoms with E-state index in [0.717, 1.165) is 28.2 Å². The van der Waals surface area contributed by atoms with E-state index in [1.54, 1.807) is 0 Å². The highest BCUT2D eigenvalue weighted by Crippen LogP contribution is 2.34. The maximum atomic E-state index is 9.62. The number of anilines is 3. The first-order chi connectivity index (χ1) is 16.5. The van der Waals surface area contributed by atoms with Gasteiger partial charge in [-0.05, 0) is 73.5 Å². The summed E-state index contributed by atoms with van der Waals surface area (Å²) in [5.74, 6) is 0.670. The molecular formula is C31H31NO2.